The number of rotatable bonds is 2. The van der Waals surface area contributed by atoms with Crippen LogP contribution in [-0.4, -0.2) is 33.6 Å². The Balaban J connectivity index is 1.75. The maximum Gasteiger partial charge on any atom is 0.285 e. The van der Waals surface area contributed by atoms with Gasteiger partial charge in [0, 0.05) is 12.6 Å². The van der Waals surface area contributed by atoms with E-state index < -0.39 is 0 Å². The number of amides is 1. The lowest BCUT2D eigenvalue weighted by Gasteiger charge is -2.28. The Labute approximate surface area is 115 Å². The molecule has 0 spiro atoms. The highest BCUT2D eigenvalue weighted by Crippen LogP contribution is 2.36. The second kappa shape index (κ2) is 5.13. The monoisotopic (exact) mass is 285 g/mol. The molecular weight excluding hydrogens is 270 g/mol. The molecule has 1 saturated carbocycles. The molecule has 2 aliphatic rings. The number of likely N-dealkylation sites (tertiary alicyclic amines) is 1. The van der Waals surface area contributed by atoms with Gasteiger partial charge in [0.2, 0.25) is 9.47 Å². The Kier molecular flexibility index (Phi) is 3.52. The van der Waals surface area contributed by atoms with E-state index in [1.807, 2.05) is 4.90 Å². The van der Waals surface area contributed by atoms with Crippen molar-refractivity contribution < 1.29 is 4.79 Å². The summed E-state index contributed by atoms with van der Waals surface area (Å²) in [5.41, 5.74) is 0. The van der Waals surface area contributed by atoms with Gasteiger partial charge in [0.25, 0.3) is 5.91 Å². The smallest absolute Gasteiger partial charge is 0.285 e. The molecule has 3 rings (SSSR count). The van der Waals surface area contributed by atoms with E-state index >= 15 is 0 Å². The number of hydrogen-bond donors (Lipinski definition) is 0. The van der Waals surface area contributed by atoms with Crippen LogP contribution in [0.15, 0.2) is 0 Å². The van der Waals surface area contributed by atoms with Crippen LogP contribution in [0.25, 0.3) is 0 Å². The van der Waals surface area contributed by atoms with Crippen molar-refractivity contribution in [1.82, 2.24) is 15.1 Å². The highest BCUT2D eigenvalue weighted by molar-refractivity contribution is 7.17. The fourth-order valence-corrected chi connectivity index (χ4v) is 4.08. The van der Waals surface area contributed by atoms with Crippen molar-refractivity contribution in [1.29, 1.82) is 0 Å². The molecule has 0 bridgehead atoms. The molecule has 0 aromatic carbocycles. The molecule has 1 atom stereocenters. The highest BCUT2D eigenvalue weighted by atomic mass is 35.5. The van der Waals surface area contributed by atoms with E-state index in [-0.39, 0.29) is 5.91 Å². The fourth-order valence-electron chi connectivity index (χ4n) is 3.29. The van der Waals surface area contributed by atoms with Crippen LogP contribution in [0.2, 0.25) is 4.47 Å². The molecule has 2 heterocycles. The first kappa shape index (κ1) is 12.4. The Morgan fingerprint density at radius 2 is 2.00 bits per heavy atom. The average Bonchev–Trinajstić information content (AvgIpc) is 3.08. The number of carbonyl (C=O) groups is 1. The molecule has 2 fully saturated rings. The summed E-state index contributed by atoms with van der Waals surface area (Å²) in [5.74, 6) is 0.716. The SMILES string of the molecule is O=C(c1nnc(Cl)s1)N1CCCC1C1CCCC1. The van der Waals surface area contributed by atoms with Gasteiger partial charge in [0.1, 0.15) is 0 Å². The maximum absolute atomic E-state index is 12.4. The summed E-state index contributed by atoms with van der Waals surface area (Å²) in [6.07, 6.45) is 7.42. The van der Waals surface area contributed by atoms with E-state index in [1.165, 1.54) is 37.0 Å². The Bertz CT molecular complexity index is 444. The van der Waals surface area contributed by atoms with Crippen molar-refractivity contribution >= 4 is 28.8 Å². The summed E-state index contributed by atoms with van der Waals surface area (Å²) in [6, 6.07) is 0.419. The first-order valence-corrected chi connectivity index (χ1v) is 7.75. The molecule has 0 N–H and O–H groups in total. The predicted molar refractivity (Wildman–Crippen MR) is 70.9 cm³/mol. The normalized spacial score (nSPS) is 24.9. The predicted octanol–water partition coefficient (Wildman–Crippen LogP) is 2.99. The third-order valence-corrected chi connectivity index (χ3v) is 5.09. The van der Waals surface area contributed by atoms with Crippen molar-refractivity contribution in [2.24, 2.45) is 5.92 Å². The standard InChI is InChI=1S/C12H16ClN3OS/c13-12-15-14-10(18-12)11(17)16-7-3-6-9(16)8-4-1-2-5-8/h8-9H,1-7H2. The van der Waals surface area contributed by atoms with Gasteiger partial charge in [0.05, 0.1) is 0 Å². The molecule has 98 valence electrons. The summed E-state index contributed by atoms with van der Waals surface area (Å²) in [7, 11) is 0. The van der Waals surface area contributed by atoms with Gasteiger partial charge >= 0.3 is 0 Å². The molecule has 1 amide bonds. The first-order chi connectivity index (χ1) is 8.75. The van der Waals surface area contributed by atoms with Crippen LogP contribution >= 0.6 is 22.9 Å². The molecule has 1 aromatic rings. The van der Waals surface area contributed by atoms with E-state index in [9.17, 15) is 4.79 Å². The molecule has 1 saturated heterocycles. The van der Waals surface area contributed by atoms with Crippen LogP contribution in [0.4, 0.5) is 0 Å². The second-order valence-electron chi connectivity index (χ2n) is 5.11. The van der Waals surface area contributed by atoms with Gasteiger partial charge < -0.3 is 4.90 Å². The molecule has 1 aromatic heterocycles. The van der Waals surface area contributed by atoms with E-state index in [4.69, 9.17) is 11.6 Å². The molecule has 4 nitrogen and oxygen atoms in total. The zero-order valence-electron chi connectivity index (χ0n) is 10.1. The lowest BCUT2D eigenvalue weighted by atomic mass is 9.96. The van der Waals surface area contributed by atoms with Gasteiger partial charge in [-0.1, -0.05) is 24.2 Å². The molecule has 1 aliphatic heterocycles. The number of halogens is 1. The summed E-state index contributed by atoms with van der Waals surface area (Å²) < 4.78 is 0.343. The lowest BCUT2D eigenvalue weighted by molar-refractivity contribution is 0.0688. The third-order valence-electron chi connectivity index (χ3n) is 4.09. The van der Waals surface area contributed by atoms with Crippen LogP contribution in [0, 0.1) is 5.92 Å². The average molecular weight is 286 g/mol. The quantitative estimate of drug-likeness (QED) is 0.839. The van der Waals surface area contributed by atoms with Gasteiger partial charge in [-0.05, 0) is 43.2 Å². The maximum atomic E-state index is 12.4. The van der Waals surface area contributed by atoms with Crippen LogP contribution in [-0.2, 0) is 0 Å². The minimum atomic E-state index is 0.0220. The van der Waals surface area contributed by atoms with Crippen molar-refractivity contribution in [3.8, 4) is 0 Å². The third kappa shape index (κ3) is 2.26. The largest absolute Gasteiger partial charge is 0.333 e. The summed E-state index contributed by atoms with van der Waals surface area (Å²) >= 11 is 6.93. The van der Waals surface area contributed by atoms with Gasteiger partial charge in [-0.3, -0.25) is 4.79 Å². The second-order valence-corrected chi connectivity index (χ2v) is 6.67. The summed E-state index contributed by atoms with van der Waals surface area (Å²) in [5, 5.41) is 8.02. The van der Waals surface area contributed by atoms with Gasteiger partial charge in [-0.15, -0.1) is 10.2 Å². The Hall–Kier alpha value is -0.680. The van der Waals surface area contributed by atoms with E-state index in [0.717, 1.165) is 19.4 Å². The minimum absolute atomic E-state index is 0.0220. The molecule has 1 unspecified atom stereocenters. The number of nitrogens with zero attached hydrogens (tertiary/aromatic N) is 3. The molecule has 0 radical (unpaired) electrons. The van der Waals surface area contributed by atoms with Crippen molar-refractivity contribution in [3.05, 3.63) is 9.47 Å². The summed E-state index contributed by atoms with van der Waals surface area (Å²) in [6.45, 7) is 0.858. The molecule has 1 aliphatic carbocycles. The van der Waals surface area contributed by atoms with Crippen LogP contribution in [0.1, 0.15) is 48.3 Å². The number of aromatic nitrogens is 2. The van der Waals surface area contributed by atoms with E-state index in [1.54, 1.807) is 0 Å². The molecule has 6 heteroatoms. The fraction of sp³-hybridized carbons (Fsp3) is 0.750. The topological polar surface area (TPSA) is 46.1 Å². The molecular formula is C12H16ClN3OS. The Morgan fingerprint density at radius 3 is 2.67 bits per heavy atom. The van der Waals surface area contributed by atoms with E-state index in [0.29, 0.717) is 21.4 Å². The zero-order chi connectivity index (χ0) is 12.5. The number of carbonyl (C=O) groups excluding carboxylic acids is 1. The first-order valence-electron chi connectivity index (χ1n) is 6.55. The number of hydrogen-bond acceptors (Lipinski definition) is 4. The van der Waals surface area contributed by atoms with Crippen LogP contribution < -0.4 is 0 Å². The van der Waals surface area contributed by atoms with Gasteiger partial charge in [-0.2, -0.15) is 0 Å². The minimum Gasteiger partial charge on any atom is -0.333 e. The van der Waals surface area contributed by atoms with Crippen molar-refractivity contribution in [2.75, 3.05) is 6.54 Å². The van der Waals surface area contributed by atoms with Crippen molar-refractivity contribution in [3.63, 3.8) is 0 Å². The summed E-state index contributed by atoms with van der Waals surface area (Å²) in [4.78, 5) is 14.4. The van der Waals surface area contributed by atoms with Crippen LogP contribution in [0.3, 0.4) is 0 Å². The zero-order valence-corrected chi connectivity index (χ0v) is 11.7. The van der Waals surface area contributed by atoms with Gasteiger partial charge in [-0.25, -0.2) is 0 Å². The van der Waals surface area contributed by atoms with E-state index in [2.05, 4.69) is 10.2 Å². The highest BCUT2D eigenvalue weighted by Gasteiger charge is 2.37. The van der Waals surface area contributed by atoms with Crippen LogP contribution in [0.5, 0.6) is 0 Å². The van der Waals surface area contributed by atoms with Crippen molar-refractivity contribution in [2.45, 2.75) is 44.6 Å². The lowest BCUT2D eigenvalue weighted by Crippen LogP contribution is -2.39. The molecule has 18 heavy (non-hydrogen) atoms. The van der Waals surface area contributed by atoms with Gasteiger partial charge in [0.15, 0.2) is 0 Å². The Morgan fingerprint density at radius 1 is 1.22 bits per heavy atom.